The Kier molecular flexibility index (Phi) is 6.09. The van der Waals surface area contributed by atoms with Gasteiger partial charge in [-0.1, -0.05) is 17.3 Å². The summed E-state index contributed by atoms with van der Waals surface area (Å²) in [5.74, 6) is -0.802. The van der Waals surface area contributed by atoms with Crippen molar-refractivity contribution in [3.63, 3.8) is 0 Å². The average Bonchev–Trinajstić information content (AvgIpc) is 3.33. The van der Waals surface area contributed by atoms with E-state index in [0.29, 0.717) is 58.9 Å². The molecule has 35 heavy (non-hydrogen) atoms. The molecule has 2 aromatic heterocycles. The predicted molar refractivity (Wildman–Crippen MR) is 126 cm³/mol. The van der Waals surface area contributed by atoms with Crippen molar-refractivity contribution in [3.05, 3.63) is 66.2 Å². The normalized spacial score (nSPS) is 15.7. The number of nitrogens with zero attached hydrogens (tertiary/aromatic N) is 4. The van der Waals surface area contributed by atoms with Crippen molar-refractivity contribution >= 4 is 34.5 Å². The first-order valence-electron chi connectivity index (χ1n) is 11.1. The zero-order valence-electron chi connectivity index (χ0n) is 18.9. The first-order chi connectivity index (χ1) is 17.0. The highest BCUT2D eigenvalue weighted by Crippen LogP contribution is 2.35. The van der Waals surface area contributed by atoms with Crippen molar-refractivity contribution < 1.29 is 23.2 Å². The summed E-state index contributed by atoms with van der Waals surface area (Å²) >= 11 is 0. The summed E-state index contributed by atoms with van der Waals surface area (Å²) in [7, 11) is 1.30. The average molecular weight is 475 g/mol. The summed E-state index contributed by atoms with van der Waals surface area (Å²) in [6.07, 6.45) is 2.85. The fraction of sp³-hybridized carbons (Fsp3) is 0.240. The van der Waals surface area contributed by atoms with Crippen LogP contribution in [0.3, 0.4) is 0 Å². The maximum absolute atomic E-state index is 13.4. The molecule has 5 rings (SSSR count). The Labute approximate surface area is 199 Å². The number of anilines is 2. The number of para-hydroxylation sites is 1. The molecule has 1 fully saturated rings. The number of nitrogens with one attached hydrogen (secondary N) is 1. The van der Waals surface area contributed by atoms with Gasteiger partial charge >= 0.3 is 5.97 Å². The number of halogens is 1. The molecule has 0 aliphatic carbocycles. The lowest BCUT2D eigenvalue weighted by Gasteiger charge is -2.33. The van der Waals surface area contributed by atoms with Gasteiger partial charge in [0.15, 0.2) is 0 Å². The Morgan fingerprint density at radius 1 is 1.14 bits per heavy atom. The maximum Gasteiger partial charge on any atom is 0.339 e. The van der Waals surface area contributed by atoms with Crippen LogP contribution in [0.2, 0.25) is 0 Å². The fourth-order valence-electron chi connectivity index (χ4n) is 4.31. The lowest BCUT2D eigenvalue weighted by atomic mass is 9.96. The van der Waals surface area contributed by atoms with E-state index in [1.807, 2.05) is 4.90 Å². The molecule has 1 atom stereocenters. The van der Waals surface area contributed by atoms with Gasteiger partial charge in [-0.15, -0.1) is 0 Å². The SMILES string of the molecule is COC(=O)c1ccccc1NC(=O)C1CCCN(c2ncnc3onc(-c4ccc(F)cc4)c23)C1. The van der Waals surface area contributed by atoms with E-state index in [1.54, 1.807) is 36.4 Å². The number of fused-ring (bicyclic) bond motifs is 1. The molecule has 0 saturated carbocycles. The summed E-state index contributed by atoms with van der Waals surface area (Å²) in [6.45, 7) is 1.09. The van der Waals surface area contributed by atoms with E-state index in [1.165, 1.54) is 25.6 Å². The maximum atomic E-state index is 13.4. The number of carbonyl (C=O) groups is 2. The van der Waals surface area contributed by atoms with Crippen LogP contribution in [0.15, 0.2) is 59.4 Å². The number of hydrogen-bond donors (Lipinski definition) is 1. The second-order valence-electron chi connectivity index (χ2n) is 8.23. The Morgan fingerprint density at radius 3 is 2.74 bits per heavy atom. The predicted octanol–water partition coefficient (Wildman–Crippen LogP) is 4.07. The summed E-state index contributed by atoms with van der Waals surface area (Å²) in [6, 6.07) is 12.7. The number of piperidine rings is 1. The number of aromatic nitrogens is 3. The molecule has 1 aliphatic rings. The van der Waals surface area contributed by atoms with Crippen LogP contribution in [0.25, 0.3) is 22.4 Å². The Balaban J connectivity index is 1.41. The van der Waals surface area contributed by atoms with Gasteiger partial charge in [0.05, 0.1) is 24.3 Å². The first kappa shape index (κ1) is 22.5. The van der Waals surface area contributed by atoms with Gasteiger partial charge in [0, 0.05) is 18.7 Å². The number of ether oxygens (including phenoxy) is 1. The largest absolute Gasteiger partial charge is 0.465 e. The summed E-state index contributed by atoms with van der Waals surface area (Å²) in [5, 5.41) is 7.63. The Hall–Kier alpha value is -4.34. The molecular formula is C25H22FN5O4. The van der Waals surface area contributed by atoms with Gasteiger partial charge in [-0.25, -0.2) is 14.2 Å². The quantitative estimate of drug-likeness (QED) is 0.430. The zero-order valence-corrected chi connectivity index (χ0v) is 18.9. The number of hydrogen-bond acceptors (Lipinski definition) is 8. The van der Waals surface area contributed by atoms with Gasteiger partial charge in [-0.2, -0.15) is 4.98 Å². The number of carbonyl (C=O) groups excluding carboxylic acids is 2. The number of amides is 1. The topological polar surface area (TPSA) is 110 Å². The highest BCUT2D eigenvalue weighted by molar-refractivity contribution is 6.02. The number of methoxy groups -OCH3 is 1. The second-order valence-corrected chi connectivity index (χ2v) is 8.23. The Bertz CT molecular complexity index is 1390. The van der Waals surface area contributed by atoms with E-state index in [2.05, 4.69) is 20.4 Å². The lowest BCUT2D eigenvalue weighted by molar-refractivity contribution is -0.120. The molecule has 178 valence electrons. The standard InChI is InChI=1S/C25H22FN5O4/c1-34-25(33)18-6-2-3-7-19(18)29-23(32)16-5-4-12-31(13-16)22-20-21(15-8-10-17(26)11-9-15)30-35-24(20)28-14-27-22/h2-3,6-11,14,16H,4-5,12-13H2,1H3,(H,29,32). The lowest BCUT2D eigenvalue weighted by Crippen LogP contribution is -2.41. The minimum atomic E-state index is -0.518. The van der Waals surface area contributed by atoms with Crippen LogP contribution in [0.4, 0.5) is 15.9 Å². The van der Waals surface area contributed by atoms with Gasteiger partial charge in [0.25, 0.3) is 5.71 Å². The minimum Gasteiger partial charge on any atom is -0.465 e. The molecule has 1 aliphatic heterocycles. The summed E-state index contributed by atoms with van der Waals surface area (Å²) in [4.78, 5) is 35.9. The van der Waals surface area contributed by atoms with Crippen molar-refractivity contribution in [1.29, 1.82) is 0 Å². The molecule has 9 nitrogen and oxygen atoms in total. The van der Waals surface area contributed by atoms with E-state index in [-0.39, 0.29) is 17.6 Å². The Morgan fingerprint density at radius 2 is 1.94 bits per heavy atom. The van der Waals surface area contributed by atoms with Gasteiger partial charge in [-0.3, -0.25) is 4.79 Å². The van der Waals surface area contributed by atoms with E-state index in [9.17, 15) is 14.0 Å². The summed E-state index contributed by atoms with van der Waals surface area (Å²) < 4.78 is 23.7. The monoisotopic (exact) mass is 475 g/mol. The van der Waals surface area contributed by atoms with Crippen molar-refractivity contribution in [3.8, 4) is 11.3 Å². The summed E-state index contributed by atoms with van der Waals surface area (Å²) in [5.41, 5.74) is 2.19. The molecule has 1 amide bonds. The van der Waals surface area contributed by atoms with Crippen LogP contribution in [0.1, 0.15) is 23.2 Å². The van der Waals surface area contributed by atoms with Crippen LogP contribution in [-0.2, 0) is 9.53 Å². The molecule has 0 spiro atoms. The first-order valence-corrected chi connectivity index (χ1v) is 11.1. The number of esters is 1. The van der Waals surface area contributed by atoms with Crippen LogP contribution in [-0.4, -0.2) is 47.2 Å². The van der Waals surface area contributed by atoms with Crippen LogP contribution >= 0.6 is 0 Å². The molecule has 1 unspecified atom stereocenters. The minimum absolute atomic E-state index is 0.194. The van der Waals surface area contributed by atoms with Gasteiger partial charge in [0.1, 0.15) is 29.0 Å². The van der Waals surface area contributed by atoms with Gasteiger partial charge in [0.2, 0.25) is 5.91 Å². The van der Waals surface area contributed by atoms with Crippen LogP contribution < -0.4 is 10.2 Å². The van der Waals surface area contributed by atoms with Crippen molar-refractivity contribution in [2.75, 3.05) is 30.4 Å². The van der Waals surface area contributed by atoms with E-state index < -0.39 is 5.97 Å². The molecule has 3 heterocycles. The molecule has 10 heteroatoms. The third-order valence-electron chi connectivity index (χ3n) is 6.05. The van der Waals surface area contributed by atoms with Crippen molar-refractivity contribution in [2.24, 2.45) is 5.92 Å². The van der Waals surface area contributed by atoms with Crippen LogP contribution in [0, 0.1) is 11.7 Å². The third kappa shape index (κ3) is 4.42. The van der Waals surface area contributed by atoms with Crippen molar-refractivity contribution in [1.82, 2.24) is 15.1 Å². The van der Waals surface area contributed by atoms with Gasteiger partial charge < -0.3 is 19.5 Å². The number of benzene rings is 2. The zero-order chi connectivity index (χ0) is 24.4. The highest BCUT2D eigenvalue weighted by atomic mass is 19.1. The third-order valence-corrected chi connectivity index (χ3v) is 6.05. The molecule has 2 aromatic carbocycles. The molecule has 1 N–H and O–H groups in total. The molecular weight excluding hydrogens is 453 g/mol. The van der Waals surface area contributed by atoms with E-state index in [0.717, 1.165) is 6.42 Å². The van der Waals surface area contributed by atoms with Crippen LogP contribution in [0.5, 0.6) is 0 Å². The molecule has 1 saturated heterocycles. The van der Waals surface area contributed by atoms with Crippen molar-refractivity contribution in [2.45, 2.75) is 12.8 Å². The van der Waals surface area contributed by atoms with E-state index >= 15 is 0 Å². The van der Waals surface area contributed by atoms with Gasteiger partial charge in [-0.05, 0) is 49.2 Å². The smallest absolute Gasteiger partial charge is 0.339 e. The van der Waals surface area contributed by atoms with E-state index in [4.69, 9.17) is 9.26 Å². The molecule has 0 bridgehead atoms. The molecule has 0 radical (unpaired) electrons. The highest BCUT2D eigenvalue weighted by Gasteiger charge is 2.30. The second kappa shape index (κ2) is 9.49. The molecule has 4 aromatic rings. The fourth-order valence-corrected chi connectivity index (χ4v) is 4.31. The number of rotatable bonds is 5.